The van der Waals surface area contributed by atoms with Gasteiger partial charge in [0.1, 0.15) is 11.2 Å². The third-order valence-electron chi connectivity index (χ3n) is 24.8. The quantitative estimate of drug-likeness (QED) is 0.222. The number of benzene rings is 1. The zero-order valence-electron chi connectivity index (χ0n) is 41.5. The number of aliphatic hydroxyl groups is 1. The van der Waals surface area contributed by atoms with Crippen molar-refractivity contribution in [3.8, 4) is 0 Å². The van der Waals surface area contributed by atoms with E-state index in [1.807, 2.05) is 0 Å². The van der Waals surface area contributed by atoms with Gasteiger partial charge in [0.2, 0.25) is 0 Å². The lowest BCUT2D eigenvalue weighted by Gasteiger charge is -2.74. The van der Waals surface area contributed by atoms with Crippen molar-refractivity contribution in [1.29, 1.82) is 0 Å². The first-order valence-electron chi connectivity index (χ1n) is 29.0. The summed E-state index contributed by atoms with van der Waals surface area (Å²) < 4.78 is 14.7. The van der Waals surface area contributed by atoms with E-state index in [0.29, 0.717) is 95.8 Å². The monoisotopic (exact) mass is 932 g/mol. The molecule has 0 radical (unpaired) electrons. The van der Waals surface area contributed by atoms with E-state index in [0.717, 1.165) is 62.9 Å². The molecule has 3 saturated heterocycles. The van der Waals surface area contributed by atoms with Crippen molar-refractivity contribution < 1.29 is 24.2 Å². The van der Waals surface area contributed by atoms with E-state index < -0.39 is 16.4 Å². The van der Waals surface area contributed by atoms with Gasteiger partial charge in [-0.15, -0.1) is 0 Å². The molecule has 1 aromatic carbocycles. The molecule has 5 saturated carbocycles. The van der Waals surface area contributed by atoms with Crippen molar-refractivity contribution in [2.75, 3.05) is 26.2 Å². The van der Waals surface area contributed by atoms with E-state index in [9.17, 15) is 5.11 Å². The van der Waals surface area contributed by atoms with Gasteiger partial charge in [0.25, 0.3) is 0 Å². The molecule has 366 valence electrons. The Kier molecular flexibility index (Phi) is 8.70. The van der Waals surface area contributed by atoms with Gasteiger partial charge < -0.3 is 25.2 Å². The van der Waals surface area contributed by atoms with Gasteiger partial charge in [0, 0.05) is 67.2 Å². The topological polar surface area (TPSA) is 105 Å². The summed E-state index contributed by atoms with van der Waals surface area (Å²) in [6, 6.07) is 7.22. The first kappa shape index (κ1) is 42.2. The van der Waals surface area contributed by atoms with Crippen LogP contribution in [0.2, 0.25) is 0 Å². The Hall–Kier alpha value is -3.36. The van der Waals surface area contributed by atoms with Crippen molar-refractivity contribution in [2.24, 2.45) is 80.7 Å². The molecule has 9 aliphatic heterocycles. The second kappa shape index (κ2) is 14.2. The van der Waals surface area contributed by atoms with Crippen LogP contribution >= 0.6 is 0 Å². The molecule has 9 aliphatic carbocycles. The molecule has 15 unspecified atom stereocenters. The Balaban J connectivity index is 0.989. The number of aliphatic hydroxyl groups excluding tert-OH is 1. The van der Waals surface area contributed by atoms with Crippen LogP contribution in [0, 0.1) is 74.9 Å². The van der Waals surface area contributed by atoms with Crippen LogP contribution in [0.5, 0.6) is 0 Å². The molecule has 18 aliphatic rings. The zero-order chi connectivity index (χ0) is 46.0. The van der Waals surface area contributed by atoms with Crippen LogP contribution in [0.4, 0.5) is 0 Å². The maximum absolute atomic E-state index is 16.6. The predicted octanol–water partition coefficient (Wildman–Crippen LogP) is 11.4. The molecular formula is C61H77N3O5. The normalized spacial score (nSPS) is 47.0. The van der Waals surface area contributed by atoms with Crippen molar-refractivity contribution in [3.63, 3.8) is 0 Å². The lowest BCUT2D eigenvalue weighted by Crippen LogP contribution is -2.78. The Morgan fingerprint density at radius 3 is 2.58 bits per heavy atom. The Morgan fingerprint density at radius 2 is 1.72 bits per heavy atom. The second-order valence-electron chi connectivity index (χ2n) is 27.0. The van der Waals surface area contributed by atoms with E-state index in [1.54, 1.807) is 22.4 Å². The molecule has 8 heteroatoms. The minimum absolute atomic E-state index is 0.129. The van der Waals surface area contributed by atoms with Gasteiger partial charge in [-0.25, -0.2) is 4.79 Å². The molecule has 14 bridgehead atoms. The smallest absolute Gasteiger partial charge is 0.339 e. The molecule has 8 nitrogen and oxygen atoms in total. The van der Waals surface area contributed by atoms with E-state index in [-0.39, 0.29) is 35.2 Å². The Morgan fingerprint density at radius 1 is 0.855 bits per heavy atom. The number of carbonyl (C=O) groups excluding carboxylic acids is 2. The Bertz CT molecular complexity index is 2610. The Labute approximate surface area is 410 Å². The number of nitrogens with two attached hydrogens (primary N) is 1. The molecule has 5 spiro atoms. The van der Waals surface area contributed by atoms with Gasteiger partial charge in [0.15, 0.2) is 11.4 Å². The highest BCUT2D eigenvalue weighted by atomic mass is 16.6. The summed E-state index contributed by atoms with van der Waals surface area (Å²) in [6.07, 6.45) is 29.8. The van der Waals surface area contributed by atoms with Crippen LogP contribution in [-0.2, 0) is 26.3 Å². The van der Waals surface area contributed by atoms with E-state index in [2.05, 4.69) is 41.0 Å². The minimum Gasteiger partial charge on any atom is -0.509 e. The number of carbonyl (C=O) groups is 2. The number of piperidine rings is 2. The first-order valence-corrected chi connectivity index (χ1v) is 29.0. The van der Waals surface area contributed by atoms with Gasteiger partial charge in [-0.05, 0) is 186 Å². The van der Waals surface area contributed by atoms with Crippen LogP contribution in [0.3, 0.4) is 0 Å². The van der Waals surface area contributed by atoms with Crippen molar-refractivity contribution in [2.45, 2.75) is 179 Å². The SMILES string of the molecule is CC1CC2=C3C4C5=C6C7CC14CCC7=CC(C1CCCC1)CC1C64C(=O)OC(=C(O)CC(C6CCC7(CCCC7)C6)N6CC7CC(C6)C(CC2)N3C7)C4(CC5)C12OC(=O)c1c(CCCN)cccc12. The first-order chi connectivity index (χ1) is 33.6. The fourth-order valence-electron chi connectivity index (χ4n) is 22.6. The molecule has 0 aromatic heterocycles. The summed E-state index contributed by atoms with van der Waals surface area (Å²) in [7, 11) is 0. The van der Waals surface area contributed by atoms with Gasteiger partial charge in [0.05, 0.1) is 11.0 Å². The molecular weight excluding hydrogens is 855 g/mol. The van der Waals surface area contributed by atoms with Crippen LogP contribution in [0.15, 0.2) is 63.8 Å². The number of hydrogen-bond donors (Lipinski definition) is 2. The maximum atomic E-state index is 16.6. The van der Waals surface area contributed by atoms with Crippen LogP contribution < -0.4 is 5.73 Å². The minimum atomic E-state index is -1.12. The highest BCUT2D eigenvalue weighted by Crippen LogP contribution is 2.89. The molecule has 3 N–H and O–H groups in total. The largest absolute Gasteiger partial charge is 0.509 e. The number of fused-ring (bicyclic) bond motifs is 3. The number of allylic oxidation sites excluding steroid dienone is 4. The fourth-order valence-corrected chi connectivity index (χ4v) is 22.6. The van der Waals surface area contributed by atoms with Crippen molar-refractivity contribution >= 4 is 11.9 Å². The number of hydrogen-bond acceptors (Lipinski definition) is 8. The van der Waals surface area contributed by atoms with Crippen LogP contribution in [0.25, 0.3) is 0 Å². The summed E-state index contributed by atoms with van der Waals surface area (Å²) in [5.74, 6) is 3.82. The highest BCUT2D eigenvalue weighted by molar-refractivity contribution is 6.00. The van der Waals surface area contributed by atoms with E-state index in [4.69, 9.17) is 15.2 Å². The van der Waals surface area contributed by atoms with Crippen LogP contribution in [-0.4, -0.2) is 65.1 Å². The van der Waals surface area contributed by atoms with E-state index in [1.165, 1.54) is 108 Å². The molecule has 0 amide bonds. The molecule has 19 rings (SSSR count). The lowest BCUT2D eigenvalue weighted by atomic mass is 9.26. The van der Waals surface area contributed by atoms with Crippen LogP contribution in [0.1, 0.15) is 176 Å². The average Bonchev–Trinajstić information content (AvgIpc) is 4.21. The second-order valence-corrected chi connectivity index (χ2v) is 27.0. The fraction of sp³-hybridized carbons (Fsp3) is 0.738. The van der Waals surface area contributed by atoms with Crippen molar-refractivity contribution in [1.82, 2.24) is 9.80 Å². The third-order valence-corrected chi connectivity index (χ3v) is 24.8. The lowest BCUT2D eigenvalue weighted by molar-refractivity contribution is -0.283. The molecule has 15 atom stereocenters. The summed E-state index contributed by atoms with van der Waals surface area (Å²) in [5.41, 5.74) is 14.3. The van der Waals surface area contributed by atoms with Gasteiger partial charge >= 0.3 is 11.9 Å². The number of rotatable bonds is 5. The third kappa shape index (κ3) is 4.94. The van der Waals surface area contributed by atoms with Crippen molar-refractivity contribution in [3.05, 3.63) is 80.5 Å². The summed E-state index contributed by atoms with van der Waals surface area (Å²) >= 11 is 0. The molecule has 8 fully saturated rings. The number of ether oxygens (including phenoxy) is 2. The molecule has 1 aromatic rings. The van der Waals surface area contributed by atoms with Gasteiger partial charge in [-0.3, -0.25) is 9.69 Å². The molecule has 9 heterocycles. The highest BCUT2D eigenvalue weighted by Gasteiger charge is 2.94. The zero-order valence-corrected chi connectivity index (χ0v) is 41.5. The standard InChI is InChI=1S/C61H77N3O5/c1-34-24-39-13-14-46-42-25-35-31-63(33-42)47(40-15-20-57(29-40)18-4-5-19-57)28-48(65)54-59-22-17-43-51-44-30-58(34,52(43)53(39)64(46)32-35)21-16-38(44)26-41(36-8-2-3-9-36)27-49(60(51,59)56(67)68-54)61(59)45-12-6-10-37(11-7-23-62)50(45)55(66)69-61/h6,10,12,26,34-36,40-42,44,46-47,49,52,65H,2-5,7-9,11,13-25,27-33,62H2,1H3. The maximum Gasteiger partial charge on any atom is 0.339 e. The van der Waals surface area contributed by atoms with Gasteiger partial charge in [-0.2, -0.15) is 0 Å². The molecule has 69 heavy (non-hydrogen) atoms. The average molecular weight is 932 g/mol. The van der Waals surface area contributed by atoms with Gasteiger partial charge in [-0.1, -0.05) is 73.6 Å². The predicted molar refractivity (Wildman–Crippen MR) is 263 cm³/mol. The summed E-state index contributed by atoms with van der Waals surface area (Å²) in [4.78, 5) is 37.8. The number of esters is 2. The summed E-state index contributed by atoms with van der Waals surface area (Å²) in [6.45, 7) is 6.54. The number of aryl methyl sites for hydroxylation is 1. The van der Waals surface area contributed by atoms with E-state index >= 15 is 9.59 Å². The number of nitrogens with zero attached hydrogens (tertiary/aromatic N) is 2. The summed E-state index contributed by atoms with van der Waals surface area (Å²) in [5, 5.41) is 13.7.